The molecule has 1 saturated carbocycles. The predicted molar refractivity (Wildman–Crippen MR) is 138 cm³/mol. The molecule has 13 heteroatoms. The number of rotatable bonds is 9. The number of anilines is 1. The lowest BCUT2D eigenvalue weighted by molar-refractivity contribution is 0.0946. The third-order valence-electron chi connectivity index (χ3n) is 7.13. The van der Waals surface area contributed by atoms with Gasteiger partial charge in [-0.25, -0.2) is 14.6 Å². The fourth-order valence-electron chi connectivity index (χ4n) is 4.80. The van der Waals surface area contributed by atoms with Crippen molar-refractivity contribution in [1.29, 1.82) is 0 Å². The maximum atomic E-state index is 13.2. The zero-order chi connectivity index (χ0) is 26.3. The molecule has 38 heavy (non-hydrogen) atoms. The number of ether oxygens (including phenoxy) is 1. The van der Waals surface area contributed by atoms with Crippen LogP contribution in [0, 0.1) is 12.3 Å². The molecular formula is C25H27ClN10O2. The largest absolute Gasteiger partial charge is 0.378 e. The number of hydrogen-bond donors (Lipinski definition) is 1. The molecule has 1 amide bonds. The van der Waals surface area contributed by atoms with Crippen LogP contribution in [0.25, 0.3) is 5.69 Å². The van der Waals surface area contributed by atoms with Gasteiger partial charge in [0.05, 0.1) is 24.4 Å². The summed E-state index contributed by atoms with van der Waals surface area (Å²) in [4.78, 5) is 24.8. The van der Waals surface area contributed by atoms with Gasteiger partial charge in [-0.05, 0) is 54.0 Å². The topological polar surface area (TPSA) is 129 Å². The summed E-state index contributed by atoms with van der Waals surface area (Å²) >= 11 is 6.21. The van der Waals surface area contributed by atoms with Crippen molar-refractivity contribution in [2.75, 3.05) is 25.1 Å². The highest BCUT2D eigenvalue weighted by Crippen LogP contribution is 2.53. The molecule has 3 aromatic heterocycles. The molecule has 0 unspecified atom stereocenters. The van der Waals surface area contributed by atoms with E-state index in [9.17, 15) is 4.79 Å². The number of carbonyl (C=O) groups excluding carboxylic acids is 1. The lowest BCUT2D eigenvalue weighted by atomic mass is 9.98. The van der Waals surface area contributed by atoms with Crippen LogP contribution in [0.1, 0.15) is 45.7 Å². The first-order chi connectivity index (χ1) is 18.4. The van der Waals surface area contributed by atoms with Gasteiger partial charge in [0.25, 0.3) is 5.91 Å². The summed E-state index contributed by atoms with van der Waals surface area (Å²) in [6.45, 7) is 4.95. The van der Waals surface area contributed by atoms with Crippen LogP contribution in [0.2, 0.25) is 5.02 Å². The molecule has 4 heterocycles. The van der Waals surface area contributed by atoms with Gasteiger partial charge in [0.2, 0.25) is 5.95 Å². The predicted octanol–water partition coefficient (Wildman–Crippen LogP) is 2.34. The van der Waals surface area contributed by atoms with Crippen molar-refractivity contribution in [3.63, 3.8) is 0 Å². The minimum atomic E-state index is -0.277. The Labute approximate surface area is 224 Å². The molecule has 1 saturated heterocycles. The van der Waals surface area contributed by atoms with E-state index in [1.54, 1.807) is 36.2 Å². The van der Waals surface area contributed by atoms with Crippen LogP contribution in [0.3, 0.4) is 0 Å². The monoisotopic (exact) mass is 534 g/mol. The molecule has 4 aromatic rings. The molecule has 0 bridgehead atoms. The Morgan fingerprint density at radius 1 is 1.24 bits per heavy atom. The Balaban J connectivity index is 1.16. The molecule has 196 valence electrons. The van der Waals surface area contributed by atoms with Gasteiger partial charge in [-0.2, -0.15) is 5.10 Å². The van der Waals surface area contributed by atoms with Gasteiger partial charge in [-0.3, -0.25) is 9.48 Å². The molecule has 1 spiro atoms. The first-order valence-corrected chi connectivity index (χ1v) is 12.7. The summed E-state index contributed by atoms with van der Waals surface area (Å²) < 4.78 is 8.55. The number of hydrogen-bond acceptors (Lipinski definition) is 9. The van der Waals surface area contributed by atoms with E-state index >= 15 is 0 Å². The number of carbonyl (C=O) groups is 1. The van der Waals surface area contributed by atoms with Gasteiger partial charge in [0.1, 0.15) is 12.0 Å². The van der Waals surface area contributed by atoms with Crippen LogP contribution >= 0.6 is 11.6 Å². The summed E-state index contributed by atoms with van der Waals surface area (Å²) in [5.74, 6) is 0.507. The van der Waals surface area contributed by atoms with Crippen molar-refractivity contribution < 1.29 is 9.53 Å². The highest BCUT2D eigenvalue weighted by Gasteiger charge is 2.53. The minimum absolute atomic E-state index is 0.202. The first-order valence-electron chi connectivity index (χ1n) is 12.4. The van der Waals surface area contributed by atoms with Crippen molar-refractivity contribution in [2.24, 2.45) is 5.41 Å². The molecule has 1 N–H and O–H groups in total. The molecule has 6 rings (SSSR count). The quantitative estimate of drug-likeness (QED) is 0.344. The molecule has 0 radical (unpaired) electrons. The molecule has 0 atom stereocenters. The van der Waals surface area contributed by atoms with Gasteiger partial charge in [0, 0.05) is 60.8 Å². The molecule has 1 aromatic carbocycles. The van der Waals surface area contributed by atoms with Crippen LogP contribution < -0.4 is 10.2 Å². The highest BCUT2D eigenvalue weighted by molar-refractivity contribution is 6.30. The Morgan fingerprint density at radius 3 is 2.79 bits per heavy atom. The van der Waals surface area contributed by atoms with Gasteiger partial charge >= 0.3 is 0 Å². The third-order valence-corrected chi connectivity index (χ3v) is 7.37. The van der Waals surface area contributed by atoms with Crippen molar-refractivity contribution in [2.45, 2.75) is 39.5 Å². The van der Waals surface area contributed by atoms with Gasteiger partial charge in [0.15, 0.2) is 0 Å². The second-order valence-electron chi connectivity index (χ2n) is 9.97. The van der Waals surface area contributed by atoms with Gasteiger partial charge < -0.3 is 15.0 Å². The average molecular weight is 535 g/mol. The highest BCUT2D eigenvalue weighted by atomic mass is 35.5. The van der Waals surface area contributed by atoms with Crippen LogP contribution in [-0.2, 0) is 24.4 Å². The van der Waals surface area contributed by atoms with E-state index in [-0.39, 0.29) is 19.1 Å². The number of tetrazole rings is 1. The van der Waals surface area contributed by atoms with Crippen molar-refractivity contribution in [3.8, 4) is 5.69 Å². The number of nitrogens with zero attached hydrogens (tertiary/aromatic N) is 9. The second kappa shape index (κ2) is 9.76. The van der Waals surface area contributed by atoms with E-state index in [1.807, 2.05) is 13.1 Å². The van der Waals surface area contributed by atoms with Crippen molar-refractivity contribution in [3.05, 3.63) is 70.0 Å². The van der Waals surface area contributed by atoms with Crippen LogP contribution in [0.4, 0.5) is 5.95 Å². The Hall–Kier alpha value is -3.90. The normalized spacial score (nSPS) is 15.5. The van der Waals surface area contributed by atoms with Gasteiger partial charge in [-0.15, -0.1) is 5.10 Å². The Kier molecular flexibility index (Phi) is 6.28. The second-order valence-corrected chi connectivity index (χ2v) is 10.4. The van der Waals surface area contributed by atoms with Gasteiger partial charge in [-0.1, -0.05) is 11.6 Å². The summed E-state index contributed by atoms with van der Waals surface area (Å²) in [5.41, 5.74) is 4.85. The van der Waals surface area contributed by atoms with E-state index in [0.29, 0.717) is 28.2 Å². The van der Waals surface area contributed by atoms with E-state index < -0.39 is 0 Å². The summed E-state index contributed by atoms with van der Waals surface area (Å²) in [7, 11) is 1.57. The van der Waals surface area contributed by atoms with Crippen LogP contribution in [0.5, 0.6) is 0 Å². The fraction of sp³-hybridized carbons (Fsp3) is 0.400. The summed E-state index contributed by atoms with van der Waals surface area (Å²) in [6, 6.07) is 5.32. The smallest absolute Gasteiger partial charge is 0.255 e. The molecule has 12 nitrogen and oxygen atoms in total. The average Bonchev–Trinajstić information content (AvgIpc) is 3.31. The maximum absolute atomic E-state index is 13.2. The number of aryl methyl sites for hydroxylation is 1. The maximum Gasteiger partial charge on any atom is 0.255 e. The number of aromatic nitrogens is 8. The third kappa shape index (κ3) is 4.84. The lowest BCUT2D eigenvalue weighted by Gasteiger charge is -2.40. The van der Waals surface area contributed by atoms with E-state index in [4.69, 9.17) is 21.3 Å². The van der Waals surface area contributed by atoms with Crippen LogP contribution in [-0.4, -0.2) is 66.1 Å². The number of benzene rings is 1. The van der Waals surface area contributed by atoms with E-state index in [0.717, 1.165) is 41.5 Å². The Morgan fingerprint density at radius 2 is 2.08 bits per heavy atom. The number of methoxy groups -OCH3 is 1. The first kappa shape index (κ1) is 24.4. The van der Waals surface area contributed by atoms with E-state index in [2.05, 4.69) is 35.8 Å². The zero-order valence-electron chi connectivity index (χ0n) is 21.1. The summed E-state index contributed by atoms with van der Waals surface area (Å²) in [5, 5.41) is 19.4. The number of nitrogens with one attached hydrogen (secondary N) is 1. The number of halogens is 1. The molecular weight excluding hydrogens is 508 g/mol. The Bertz CT molecular complexity index is 1470. The molecule has 1 aliphatic carbocycles. The molecule has 1 aliphatic heterocycles. The standard InChI is InChI=1S/C25H27ClN10O2/c1-16-18(9-28-24(30-16)34-13-25(14-34)5-6-25)10-35-11-20(21(31-35)12-38-2)23(37)27-8-17-7-19(26)3-4-22(17)36-15-29-32-33-36/h3-4,7,9,11,15H,5-6,8,10,12-14H2,1-2H3,(H,27,37). The van der Waals surface area contributed by atoms with Crippen molar-refractivity contribution in [1.82, 2.24) is 45.3 Å². The SMILES string of the molecule is COCc1nn(Cc2cnc(N3CC4(CC4)C3)nc2C)cc1C(=O)NCc1cc(Cl)ccc1-n1cnnn1. The number of amides is 1. The summed E-state index contributed by atoms with van der Waals surface area (Å²) in [6.07, 6.45) is 7.70. The zero-order valence-corrected chi connectivity index (χ0v) is 21.9. The van der Waals surface area contributed by atoms with Crippen LogP contribution in [0.15, 0.2) is 36.9 Å². The molecule has 2 fully saturated rings. The van der Waals surface area contributed by atoms with E-state index in [1.165, 1.54) is 23.9 Å². The van der Waals surface area contributed by atoms with Crippen molar-refractivity contribution >= 4 is 23.5 Å². The molecule has 2 aliphatic rings. The minimum Gasteiger partial charge on any atom is -0.378 e. The lowest BCUT2D eigenvalue weighted by Crippen LogP contribution is -2.49. The fourth-order valence-corrected chi connectivity index (χ4v) is 4.99.